The highest BCUT2D eigenvalue weighted by molar-refractivity contribution is 7.92. The van der Waals surface area contributed by atoms with Crippen molar-refractivity contribution in [3.05, 3.63) is 71.8 Å². The number of rotatable bonds is 5. The van der Waals surface area contributed by atoms with E-state index in [0.29, 0.717) is 0 Å². The van der Waals surface area contributed by atoms with Crippen LogP contribution in [0.4, 0.5) is 10.1 Å². The average Bonchev–Trinajstić information content (AvgIpc) is 3.05. The maximum Gasteiger partial charge on any atom is 0.356 e. The van der Waals surface area contributed by atoms with Crippen molar-refractivity contribution < 1.29 is 22.7 Å². The van der Waals surface area contributed by atoms with Gasteiger partial charge < -0.3 is 5.11 Å². The molecule has 0 bridgehead atoms. The molecule has 0 aliphatic rings. The summed E-state index contributed by atoms with van der Waals surface area (Å²) in [6.07, 6.45) is 1.30. The highest BCUT2D eigenvalue weighted by Crippen LogP contribution is 2.21. The Morgan fingerprint density at radius 3 is 2.42 bits per heavy atom. The Labute approximate surface area is 148 Å². The molecule has 3 aromatic rings. The van der Waals surface area contributed by atoms with E-state index in [1.807, 2.05) is 6.92 Å². The lowest BCUT2D eigenvalue weighted by Crippen LogP contribution is -2.13. The minimum Gasteiger partial charge on any atom is -0.476 e. The van der Waals surface area contributed by atoms with Crippen molar-refractivity contribution in [2.75, 3.05) is 4.72 Å². The summed E-state index contributed by atoms with van der Waals surface area (Å²) in [5, 5.41) is 12.6. The highest BCUT2D eigenvalue weighted by atomic mass is 32.2. The van der Waals surface area contributed by atoms with Crippen LogP contribution in [0.25, 0.3) is 5.69 Å². The largest absolute Gasteiger partial charge is 0.476 e. The maximum absolute atomic E-state index is 14.3. The first-order valence-electron chi connectivity index (χ1n) is 7.45. The van der Waals surface area contributed by atoms with E-state index in [1.54, 1.807) is 12.1 Å². The SMILES string of the molecule is Cc1ccc(S(=O)(=O)Nc2ccc(-n3ccc(C(=O)O)n3)c(F)c2)cc1. The zero-order chi connectivity index (χ0) is 18.9. The van der Waals surface area contributed by atoms with E-state index < -0.39 is 21.8 Å². The van der Waals surface area contributed by atoms with Crippen molar-refractivity contribution >= 4 is 21.7 Å². The smallest absolute Gasteiger partial charge is 0.356 e. The molecule has 2 aromatic carbocycles. The van der Waals surface area contributed by atoms with Gasteiger partial charge in [-0.3, -0.25) is 4.72 Å². The molecule has 0 saturated carbocycles. The lowest BCUT2D eigenvalue weighted by molar-refractivity contribution is 0.0690. The average molecular weight is 375 g/mol. The molecule has 1 heterocycles. The number of hydrogen-bond donors (Lipinski definition) is 2. The molecule has 0 aliphatic heterocycles. The second-order valence-electron chi connectivity index (χ2n) is 5.54. The number of anilines is 1. The molecule has 7 nitrogen and oxygen atoms in total. The molecule has 0 unspecified atom stereocenters. The monoisotopic (exact) mass is 375 g/mol. The van der Waals surface area contributed by atoms with Gasteiger partial charge in [0.1, 0.15) is 5.69 Å². The molecule has 0 amide bonds. The summed E-state index contributed by atoms with van der Waals surface area (Å²) >= 11 is 0. The number of aromatic carboxylic acids is 1. The molecule has 26 heavy (non-hydrogen) atoms. The van der Waals surface area contributed by atoms with E-state index in [0.717, 1.165) is 16.3 Å². The predicted molar refractivity (Wildman–Crippen MR) is 92.5 cm³/mol. The summed E-state index contributed by atoms with van der Waals surface area (Å²) in [6.45, 7) is 1.84. The molecule has 0 aliphatic carbocycles. The van der Waals surface area contributed by atoms with Crippen molar-refractivity contribution in [2.24, 2.45) is 0 Å². The van der Waals surface area contributed by atoms with Gasteiger partial charge in [0.15, 0.2) is 11.5 Å². The number of carbonyl (C=O) groups is 1. The number of aryl methyl sites for hydroxylation is 1. The third-order valence-corrected chi connectivity index (χ3v) is 4.98. The van der Waals surface area contributed by atoms with Crippen molar-refractivity contribution in [2.45, 2.75) is 11.8 Å². The van der Waals surface area contributed by atoms with E-state index in [4.69, 9.17) is 5.11 Å². The quantitative estimate of drug-likeness (QED) is 0.714. The Balaban J connectivity index is 1.87. The van der Waals surface area contributed by atoms with Crippen molar-refractivity contribution in [3.63, 3.8) is 0 Å². The Morgan fingerprint density at radius 2 is 1.85 bits per heavy atom. The number of carboxylic acid groups (broad SMARTS) is 1. The zero-order valence-corrected chi connectivity index (χ0v) is 14.4. The summed E-state index contributed by atoms with van der Waals surface area (Å²) in [6, 6.07) is 11.2. The number of aromatic nitrogens is 2. The lowest BCUT2D eigenvalue weighted by Gasteiger charge is -2.10. The number of hydrogen-bond acceptors (Lipinski definition) is 4. The Morgan fingerprint density at radius 1 is 1.15 bits per heavy atom. The van der Waals surface area contributed by atoms with Crippen LogP contribution in [0.15, 0.2) is 59.6 Å². The minimum atomic E-state index is -3.85. The fourth-order valence-corrected chi connectivity index (χ4v) is 3.31. The molecule has 3 rings (SSSR count). The molecule has 2 N–H and O–H groups in total. The number of nitrogens with zero attached hydrogens (tertiary/aromatic N) is 2. The molecule has 1 aromatic heterocycles. The van der Waals surface area contributed by atoms with Crippen molar-refractivity contribution in [1.29, 1.82) is 0 Å². The summed E-state index contributed by atoms with van der Waals surface area (Å²) in [7, 11) is -3.85. The molecule has 0 spiro atoms. The first-order chi connectivity index (χ1) is 12.3. The number of sulfonamides is 1. The van der Waals surface area contributed by atoms with Crippen LogP contribution < -0.4 is 4.72 Å². The van der Waals surface area contributed by atoms with Crippen molar-refractivity contribution in [1.82, 2.24) is 9.78 Å². The van der Waals surface area contributed by atoms with Crippen molar-refractivity contribution in [3.8, 4) is 5.69 Å². The van der Waals surface area contributed by atoms with Crippen LogP contribution in [0.5, 0.6) is 0 Å². The second kappa shape index (κ2) is 6.60. The fourth-order valence-electron chi connectivity index (χ4n) is 2.26. The summed E-state index contributed by atoms with van der Waals surface area (Å²) in [4.78, 5) is 10.9. The normalized spacial score (nSPS) is 11.3. The van der Waals surface area contributed by atoms with Gasteiger partial charge in [0.25, 0.3) is 10.0 Å². The number of benzene rings is 2. The molecule has 134 valence electrons. The van der Waals surface area contributed by atoms with Crippen LogP contribution in [0.3, 0.4) is 0 Å². The minimum absolute atomic E-state index is 0.00390. The highest BCUT2D eigenvalue weighted by Gasteiger charge is 2.16. The summed E-state index contributed by atoms with van der Waals surface area (Å²) in [5.74, 6) is -1.99. The van der Waals surface area contributed by atoms with Gasteiger partial charge in [0.05, 0.1) is 10.6 Å². The van der Waals surface area contributed by atoms with Crippen LogP contribution >= 0.6 is 0 Å². The van der Waals surface area contributed by atoms with E-state index in [9.17, 15) is 17.6 Å². The van der Waals surface area contributed by atoms with E-state index in [-0.39, 0.29) is 22.0 Å². The molecule has 0 saturated heterocycles. The summed E-state index contributed by atoms with van der Waals surface area (Å²) < 4.78 is 42.4. The van der Waals surface area contributed by atoms with E-state index in [2.05, 4.69) is 9.82 Å². The predicted octanol–water partition coefficient (Wildman–Crippen LogP) is 2.82. The van der Waals surface area contributed by atoms with Crippen LogP contribution in [-0.4, -0.2) is 29.3 Å². The van der Waals surface area contributed by atoms with Gasteiger partial charge in [-0.15, -0.1) is 0 Å². The number of halogens is 1. The third-order valence-electron chi connectivity index (χ3n) is 3.59. The topological polar surface area (TPSA) is 101 Å². The first-order valence-corrected chi connectivity index (χ1v) is 8.93. The maximum atomic E-state index is 14.3. The number of nitrogens with one attached hydrogen (secondary N) is 1. The summed E-state index contributed by atoms with van der Waals surface area (Å²) in [5.41, 5.74) is 0.723. The van der Waals surface area contributed by atoms with E-state index >= 15 is 0 Å². The second-order valence-corrected chi connectivity index (χ2v) is 7.22. The van der Waals surface area contributed by atoms with Gasteiger partial charge in [-0.25, -0.2) is 22.3 Å². The van der Waals surface area contributed by atoms with Gasteiger partial charge in [0, 0.05) is 12.3 Å². The Bertz CT molecular complexity index is 1080. The van der Waals surface area contributed by atoms with E-state index in [1.165, 1.54) is 36.5 Å². The molecule has 0 radical (unpaired) electrons. The zero-order valence-electron chi connectivity index (χ0n) is 13.5. The molecular weight excluding hydrogens is 361 g/mol. The van der Waals surface area contributed by atoms with Gasteiger partial charge in [-0.05, 0) is 37.3 Å². The van der Waals surface area contributed by atoms with Gasteiger partial charge in [-0.2, -0.15) is 5.10 Å². The molecule has 9 heteroatoms. The van der Waals surface area contributed by atoms with Gasteiger partial charge >= 0.3 is 5.97 Å². The van der Waals surface area contributed by atoms with Crippen LogP contribution in [0.1, 0.15) is 16.1 Å². The molecular formula is C17H14FN3O4S. The fraction of sp³-hybridized carbons (Fsp3) is 0.0588. The van der Waals surface area contributed by atoms with Crippen LogP contribution in [-0.2, 0) is 10.0 Å². The molecule has 0 fully saturated rings. The Kier molecular flexibility index (Phi) is 4.47. The number of carboxylic acids is 1. The lowest BCUT2D eigenvalue weighted by atomic mass is 10.2. The van der Waals surface area contributed by atoms with Crippen LogP contribution in [0.2, 0.25) is 0 Å². The third kappa shape index (κ3) is 3.57. The van der Waals surface area contributed by atoms with Gasteiger partial charge in [-0.1, -0.05) is 17.7 Å². The van der Waals surface area contributed by atoms with Gasteiger partial charge in [0.2, 0.25) is 0 Å². The Hall–Kier alpha value is -3.20. The molecule has 0 atom stereocenters. The van der Waals surface area contributed by atoms with Crippen LogP contribution in [0, 0.1) is 12.7 Å². The standard InChI is InChI=1S/C17H14FN3O4S/c1-11-2-5-13(6-3-11)26(24,25)20-12-4-7-16(14(18)10-12)21-9-8-15(19-21)17(22)23/h2-10,20H,1H3,(H,22,23). The first kappa shape index (κ1) is 17.6.